The molecule has 1 aromatic rings. The summed E-state index contributed by atoms with van der Waals surface area (Å²) in [5.41, 5.74) is 1.57. The molecule has 5 nitrogen and oxygen atoms in total. The summed E-state index contributed by atoms with van der Waals surface area (Å²) in [5.74, 6) is 0.870. The maximum Gasteiger partial charge on any atom is 0.151 e. The third kappa shape index (κ3) is 4.09. The van der Waals surface area contributed by atoms with Gasteiger partial charge in [-0.05, 0) is 18.6 Å². The number of carbonyl (C=O) groups excluding carboxylic acids is 1. The Morgan fingerprint density at radius 1 is 1.28 bits per heavy atom. The zero-order valence-corrected chi connectivity index (χ0v) is 11.2. The van der Waals surface area contributed by atoms with E-state index >= 15 is 0 Å². The highest BCUT2D eigenvalue weighted by molar-refractivity contribution is 5.75. The summed E-state index contributed by atoms with van der Waals surface area (Å²) >= 11 is 0. The summed E-state index contributed by atoms with van der Waals surface area (Å²) < 4.78 is 10.2. The Labute approximate surface area is 108 Å². The van der Waals surface area contributed by atoms with E-state index in [4.69, 9.17) is 9.47 Å². The highest BCUT2D eigenvalue weighted by Crippen LogP contribution is 2.17. The number of aromatic nitrogens is 1. The lowest BCUT2D eigenvalue weighted by molar-refractivity contribution is 0.112. The van der Waals surface area contributed by atoms with Crippen LogP contribution in [0.25, 0.3) is 0 Å². The number of aldehydes is 1. The molecule has 0 aromatic carbocycles. The molecule has 0 saturated carbocycles. The minimum atomic E-state index is 0.592. The number of aryl methyl sites for hydroxylation is 1. The topological polar surface area (TPSA) is 51.7 Å². The number of pyridine rings is 1. The van der Waals surface area contributed by atoms with Gasteiger partial charge < -0.3 is 14.4 Å². The largest absolute Gasteiger partial charge is 0.383 e. The Morgan fingerprint density at radius 3 is 2.33 bits per heavy atom. The molecule has 0 aliphatic rings. The number of rotatable bonds is 8. The molecular weight excluding hydrogens is 232 g/mol. The molecule has 1 aromatic heterocycles. The summed E-state index contributed by atoms with van der Waals surface area (Å²) in [6.45, 7) is 4.69. The van der Waals surface area contributed by atoms with Gasteiger partial charge in [-0.25, -0.2) is 4.98 Å². The van der Waals surface area contributed by atoms with Crippen LogP contribution in [0.15, 0.2) is 12.3 Å². The average molecular weight is 252 g/mol. The van der Waals surface area contributed by atoms with Crippen molar-refractivity contribution in [3.63, 3.8) is 0 Å². The van der Waals surface area contributed by atoms with Crippen molar-refractivity contribution in [1.29, 1.82) is 0 Å². The number of hydrogen-bond acceptors (Lipinski definition) is 5. The quantitative estimate of drug-likeness (QED) is 0.653. The van der Waals surface area contributed by atoms with Crippen LogP contribution in [0, 0.1) is 6.92 Å². The first kappa shape index (κ1) is 14.6. The lowest BCUT2D eigenvalue weighted by atomic mass is 10.2. The zero-order chi connectivity index (χ0) is 13.4. The van der Waals surface area contributed by atoms with Crippen molar-refractivity contribution in [3.05, 3.63) is 23.4 Å². The fourth-order valence-corrected chi connectivity index (χ4v) is 1.71. The van der Waals surface area contributed by atoms with Crippen molar-refractivity contribution in [2.24, 2.45) is 0 Å². The molecule has 0 radical (unpaired) electrons. The van der Waals surface area contributed by atoms with Gasteiger partial charge in [0.25, 0.3) is 0 Å². The summed E-state index contributed by atoms with van der Waals surface area (Å²) in [6, 6.07) is 1.84. The second-order valence-corrected chi connectivity index (χ2v) is 4.00. The monoisotopic (exact) mass is 252 g/mol. The lowest BCUT2D eigenvalue weighted by Gasteiger charge is -2.24. The Bertz CT molecular complexity index is 374. The molecule has 0 atom stereocenters. The average Bonchev–Trinajstić information content (AvgIpc) is 2.39. The molecule has 0 N–H and O–H groups in total. The lowest BCUT2D eigenvalue weighted by Crippen LogP contribution is -2.32. The predicted octanol–water partition coefficient (Wildman–Crippen LogP) is 1.30. The van der Waals surface area contributed by atoms with Gasteiger partial charge in [-0.15, -0.1) is 0 Å². The molecule has 0 saturated heterocycles. The van der Waals surface area contributed by atoms with Crippen LogP contribution in [-0.2, 0) is 9.47 Å². The molecule has 0 bridgehead atoms. The Balaban J connectivity index is 2.85. The summed E-state index contributed by atoms with van der Waals surface area (Å²) in [6.07, 6.45) is 2.39. The molecule has 5 heteroatoms. The van der Waals surface area contributed by atoms with E-state index < -0.39 is 0 Å². The van der Waals surface area contributed by atoms with E-state index in [1.54, 1.807) is 20.4 Å². The van der Waals surface area contributed by atoms with E-state index in [-0.39, 0.29) is 0 Å². The molecule has 0 amide bonds. The van der Waals surface area contributed by atoms with Crippen LogP contribution in [0.1, 0.15) is 15.9 Å². The maximum atomic E-state index is 10.7. The molecule has 1 heterocycles. The molecule has 0 aliphatic carbocycles. The highest BCUT2D eigenvalue weighted by atomic mass is 16.5. The van der Waals surface area contributed by atoms with Gasteiger partial charge in [0.1, 0.15) is 5.82 Å². The van der Waals surface area contributed by atoms with E-state index in [1.807, 2.05) is 13.0 Å². The van der Waals surface area contributed by atoms with Gasteiger partial charge in [0.15, 0.2) is 6.29 Å². The van der Waals surface area contributed by atoms with Crippen molar-refractivity contribution in [1.82, 2.24) is 4.98 Å². The Kier molecular flexibility index (Phi) is 6.32. The van der Waals surface area contributed by atoms with Gasteiger partial charge >= 0.3 is 0 Å². The molecular formula is C13H20N2O3. The first-order valence-electron chi connectivity index (χ1n) is 5.87. The fraction of sp³-hybridized carbons (Fsp3) is 0.538. The minimum Gasteiger partial charge on any atom is -0.383 e. The number of carbonyl (C=O) groups is 1. The third-order valence-corrected chi connectivity index (χ3v) is 2.64. The van der Waals surface area contributed by atoms with E-state index in [0.717, 1.165) is 30.8 Å². The number of hydrogen-bond donors (Lipinski definition) is 0. The van der Waals surface area contributed by atoms with Crippen LogP contribution in [0.2, 0.25) is 0 Å². The van der Waals surface area contributed by atoms with Gasteiger partial charge in [0, 0.05) is 39.1 Å². The van der Waals surface area contributed by atoms with Gasteiger partial charge in [-0.1, -0.05) is 0 Å². The molecule has 100 valence electrons. The van der Waals surface area contributed by atoms with Crippen LogP contribution < -0.4 is 4.90 Å². The van der Waals surface area contributed by atoms with Crippen molar-refractivity contribution >= 4 is 12.1 Å². The van der Waals surface area contributed by atoms with Gasteiger partial charge in [0.2, 0.25) is 0 Å². The van der Waals surface area contributed by atoms with E-state index in [1.165, 1.54) is 0 Å². The van der Waals surface area contributed by atoms with Crippen molar-refractivity contribution in [2.75, 3.05) is 45.4 Å². The fourth-order valence-electron chi connectivity index (χ4n) is 1.71. The van der Waals surface area contributed by atoms with Crippen molar-refractivity contribution in [3.8, 4) is 0 Å². The molecule has 0 unspecified atom stereocenters. The number of nitrogens with zero attached hydrogens (tertiary/aromatic N) is 2. The Hall–Kier alpha value is -1.46. The van der Waals surface area contributed by atoms with Crippen molar-refractivity contribution in [2.45, 2.75) is 6.92 Å². The zero-order valence-electron chi connectivity index (χ0n) is 11.2. The van der Waals surface area contributed by atoms with Crippen LogP contribution in [0.3, 0.4) is 0 Å². The van der Waals surface area contributed by atoms with E-state index in [9.17, 15) is 4.79 Å². The minimum absolute atomic E-state index is 0.592. The third-order valence-electron chi connectivity index (χ3n) is 2.64. The molecule has 0 aliphatic heterocycles. The second kappa shape index (κ2) is 7.79. The number of anilines is 1. The first-order valence-corrected chi connectivity index (χ1v) is 5.87. The van der Waals surface area contributed by atoms with Crippen molar-refractivity contribution < 1.29 is 14.3 Å². The van der Waals surface area contributed by atoms with Gasteiger partial charge in [-0.2, -0.15) is 0 Å². The summed E-state index contributed by atoms with van der Waals surface area (Å²) in [7, 11) is 3.34. The van der Waals surface area contributed by atoms with Crippen LogP contribution >= 0.6 is 0 Å². The molecule has 18 heavy (non-hydrogen) atoms. The smallest absolute Gasteiger partial charge is 0.151 e. The van der Waals surface area contributed by atoms with Crippen LogP contribution in [-0.4, -0.2) is 51.8 Å². The molecule has 0 fully saturated rings. The number of ether oxygens (including phenoxy) is 2. The van der Waals surface area contributed by atoms with E-state index in [0.29, 0.717) is 18.8 Å². The van der Waals surface area contributed by atoms with Gasteiger partial charge in [0.05, 0.1) is 13.2 Å². The second-order valence-electron chi connectivity index (χ2n) is 4.00. The highest BCUT2D eigenvalue weighted by Gasteiger charge is 2.11. The summed E-state index contributed by atoms with van der Waals surface area (Å²) in [4.78, 5) is 17.1. The predicted molar refractivity (Wildman–Crippen MR) is 70.3 cm³/mol. The Morgan fingerprint density at radius 2 is 1.89 bits per heavy atom. The van der Waals surface area contributed by atoms with Gasteiger partial charge in [-0.3, -0.25) is 4.79 Å². The first-order chi connectivity index (χ1) is 8.72. The standard InChI is InChI=1S/C13H20N2O3/c1-11-8-12(10-16)9-14-13(11)15(4-6-17-2)5-7-18-3/h8-10H,4-7H2,1-3H3. The number of methoxy groups -OCH3 is 2. The summed E-state index contributed by atoms with van der Waals surface area (Å²) in [5, 5.41) is 0. The van der Waals surface area contributed by atoms with E-state index in [2.05, 4.69) is 9.88 Å². The van der Waals surface area contributed by atoms with Crippen LogP contribution in [0.4, 0.5) is 5.82 Å². The SMILES string of the molecule is COCCN(CCOC)c1ncc(C=O)cc1C. The maximum absolute atomic E-state index is 10.7. The van der Waals surface area contributed by atoms with Crippen LogP contribution in [0.5, 0.6) is 0 Å². The molecule has 1 rings (SSSR count). The molecule has 0 spiro atoms. The normalized spacial score (nSPS) is 10.4.